The van der Waals surface area contributed by atoms with Crippen molar-refractivity contribution in [2.45, 2.75) is 104 Å². The standard InChI is InChI=1S/C27H39NO5S/c1-25(2,3)13-12-19-16-20(22(34-19)23(29)30)28-21(18-10-8-7-9-11-18)17-33-27(6,24(28)31)15-14-26(4,5)32/h16,18,21,32H,7-11,14-15,17H2,1-6H3,(H,29,30). The van der Waals surface area contributed by atoms with Crippen molar-refractivity contribution in [3.05, 3.63) is 15.8 Å². The molecule has 2 N–H and O–H groups in total. The van der Waals surface area contributed by atoms with E-state index in [0.29, 0.717) is 30.0 Å². The molecule has 0 radical (unpaired) electrons. The minimum atomic E-state index is -1.12. The number of hydrogen-bond donors (Lipinski definition) is 2. The highest BCUT2D eigenvalue weighted by Crippen LogP contribution is 2.42. The predicted molar refractivity (Wildman–Crippen MR) is 135 cm³/mol. The topological polar surface area (TPSA) is 87.1 Å². The van der Waals surface area contributed by atoms with Gasteiger partial charge in [0.25, 0.3) is 5.91 Å². The fourth-order valence-corrected chi connectivity index (χ4v) is 5.55. The molecule has 1 saturated heterocycles. The molecule has 1 aromatic heterocycles. The fraction of sp³-hybridized carbons (Fsp3) is 0.704. The number of carbonyl (C=O) groups is 2. The lowest BCUT2D eigenvalue weighted by Gasteiger charge is -2.48. The van der Waals surface area contributed by atoms with Gasteiger partial charge in [0.2, 0.25) is 0 Å². The van der Waals surface area contributed by atoms with Gasteiger partial charge in [-0.25, -0.2) is 4.79 Å². The Hall–Kier alpha value is -1.88. The summed E-state index contributed by atoms with van der Waals surface area (Å²) in [4.78, 5) is 28.8. The van der Waals surface area contributed by atoms with E-state index >= 15 is 0 Å². The largest absolute Gasteiger partial charge is 0.477 e. The molecule has 6 nitrogen and oxygen atoms in total. The summed E-state index contributed by atoms with van der Waals surface area (Å²) in [7, 11) is 0. The van der Waals surface area contributed by atoms with E-state index in [1.54, 1.807) is 31.7 Å². The van der Waals surface area contributed by atoms with E-state index in [4.69, 9.17) is 4.74 Å². The molecular formula is C27H39NO5S. The Morgan fingerprint density at radius 2 is 1.88 bits per heavy atom. The van der Waals surface area contributed by atoms with E-state index < -0.39 is 17.2 Å². The van der Waals surface area contributed by atoms with Gasteiger partial charge in [-0.2, -0.15) is 0 Å². The van der Waals surface area contributed by atoms with Gasteiger partial charge < -0.3 is 19.8 Å². The Balaban J connectivity index is 2.06. The Bertz CT molecular complexity index is 968. The molecule has 34 heavy (non-hydrogen) atoms. The summed E-state index contributed by atoms with van der Waals surface area (Å²) < 4.78 is 6.22. The summed E-state index contributed by atoms with van der Waals surface area (Å²) in [6, 6.07) is 1.56. The van der Waals surface area contributed by atoms with Crippen molar-refractivity contribution < 1.29 is 24.5 Å². The van der Waals surface area contributed by atoms with E-state index in [1.165, 1.54) is 6.42 Å². The summed E-state index contributed by atoms with van der Waals surface area (Å²) in [5.74, 6) is 5.27. The van der Waals surface area contributed by atoms with Crippen LogP contribution in [-0.2, 0) is 9.53 Å². The second kappa shape index (κ2) is 10.0. The Labute approximate surface area is 207 Å². The number of carboxylic acid groups (broad SMARTS) is 1. The molecule has 0 aromatic carbocycles. The summed E-state index contributed by atoms with van der Waals surface area (Å²) in [5.41, 5.74) is -1.85. The second-order valence-electron chi connectivity index (χ2n) is 11.6. The Kier molecular flexibility index (Phi) is 7.86. The zero-order chi connectivity index (χ0) is 25.3. The number of thiophene rings is 1. The Morgan fingerprint density at radius 1 is 1.24 bits per heavy atom. The van der Waals surface area contributed by atoms with Crippen molar-refractivity contribution in [1.82, 2.24) is 0 Å². The number of aliphatic hydroxyl groups is 1. The highest BCUT2D eigenvalue weighted by Gasteiger charge is 2.49. The van der Waals surface area contributed by atoms with Crippen molar-refractivity contribution in [2.75, 3.05) is 11.5 Å². The van der Waals surface area contributed by atoms with E-state index in [1.807, 2.05) is 20.8 Å². The average Bonchev–Trinajstić information content (AvgIpc) is 3.17. The number of aromatic carboxylic acids is 1. The van der Waals surface area contributed by atoms with Crippen molar-refractivity contribution in [1.29, 1.82) is 0 Å². The van der Waals surface area contributed by atoms with Gasteiger partial charge in [-0.3, -0.25) is 4.79 Å². The summed E-state index contributed by atoms with van der Waals surface area (Å²) in [6.45, 7) is 11.6. The van der Waals surface area contributed by atoms with Crippen LogP contribution in [0.25, 0.3) is 0 Å². The van der Waals surface area contributed by atoms with Crippen LogP contribution in [0.5, 0.6) is 0 Å². The van der Waals surface area contributed by atoms with Crippen LogP contribution in [0.4, 0.5) is 5.69 Å². The quantitative estimate of drug-likeness (QED) is 0.518. The Morgan fingerprint density at radius 3 is 2.44 bits per heavy atom. The number of amides is 1. The van der Waals surface area contributed by atoms with Gasteiger partial charge in [-0.1, -0.05) is 31.1 Å². The zero-order valence-corrected chi connectivity index (χ0v) is 22.2. The van der Waals surface area contributed by atoms with Gasteiger partial charge in [0.05, 0.1) is 28.8 Å². The molecule has 0 spiro atoms. The molecule has 2 aliphatic rings. The average molecular weight is 490 g/mol. The first kappa shape index (κ1) is 26.7. The van der Waals surface area contributed by atoms with Crippen LogP contribution in [0, 0.1) is 23.2 Å². The van der Waals surface area contributed by atoms with Crippen LogP contribution in [0.3, 0.4) is 0 Å². The molecule has 3 rings (SSSR count). The van der Waals surface area contributed by atoms with Crippen molar-refractivity contribution in [3.8, 4) is 11.8 Å². The third-order valence-electron chi connectivity index (χ3n) is 6.71. The van der Waals surface area contributed by atoms with Crippen LogP contribution in [0.2, 0.25) is 0 Å². The molecule has 0 bridgehead atoms. The molecule has 1 aliphatic heterocycles. The van der Waals surface area contributed by atoms with Crippen LogP contribution in [0.15, 0.2) is 6.07 Å². The molecule has 7 heteroatoms. The first-order valence-corrected chi connectivity index (χ1v) is 13.1. The number of morpholine rings is 1. The molecule has 188 valence electrons. The zero-order valence-electron chi connectivity index (χ0n) is 21.4. The van der Waals surface area contributed by atoms with Gasteiger partial charge in [-0.15, -0.1) is 11.3 Å². The molecule has 2 heterocycles. The number of nitrogens with zero attached hydrogens (tertiary/aromatic N) is 1. The van der Waals surface area contributed by atoms with E-state index in [2.05, 4.69) is 11.8 Å². The highest BCUT2D eigenvalue weighted by atomic mass is 32.1. The number of ether oxygens (including phenoxy) is 1. The SMILES string of the molecule is CC(C)(C)C#Cc1cc(N2C(=O)C(C)(CCC(C)(C)O)OCC2C2CCCCC2)c(C(=O)O)s1. The third-order valence-corrected chi connectivity index (χ3v) is 7.74. The predicted octanol–water partition coefficient (Wildman–Crippen LogP) is 5.47. The molecule has 1 aliphatic carbocycles. The second-order valence-corrected chi connectivity index (χ2v) is 12.7. The lowest BCUT2D eigenvalue weighted by Crippen LogP contribution is -2.62. The van der Waals surface area contributed by atoms with Crippen LogP contribution < -0.4 is 4.90 Å². The molecule has 2 atom stereocenters. The van der Waals surface area contributed by atoms with Gasteiger partial charge in [0.15, 0.2) is 0 Å². The maximum atomic E-state index is 14.0. The summed E-state index contributed by atoms with van der Waals surface area (Å²) in [6.07, 6.45) is 6.16. The number of anilines is 1. The first-order chi connectivity index (χ1) is 15.7. The van der Waals surface area contributed by atoms with Gasteiger partial charge in [0, 0.05) is 5.41 Å². The van der Waals surface area contributed by atoms with Crippen LogP contribution in [-0.4, -0.2) is 45.9 Å². The monoisotopic (exact) mass is 489 g/mol. The smallest absolute Gasteiger partial charge is 0.348 e. The first-order valence-electron chi connectivity index (χ1n) is 12.3. The minimum absolute atomic E-state index is 0.138. The molecule has 1 aromatic rings. The van der Waals surface area contributed by atoms with Gasteiger partial charge in [-0.05, 0) is 79.2 Å². The van der Waals surface area contributed by atoms with Crippen molar-refractivity contribution in [3.63, 3.8) is 0 Å². The summed E-state index contributed by atoms with van der Waals surface area (Å²) in [5, 5.41) is 20.3. The van der Waals surface area contributed by atoms with Crippen LogP contribution in [0.1, 0.15) is 101 Å². The number of carbonyl (C=O) groups excluding carboxylic acids is 1. The van der Waals surface area contributed by atoms with Crippen molar-refractivity contribution in [2.24, 2.45) is 11.3 Å². The van der Waals surface area contributed by atoms with Gasteiger partial charge >= 0.3 is 5.97 Å². The van der Waals surface area contributed by atoms with E-state index in [0.717, 1.165) is 37.0 Å². The molecule has 2 fully saturated rings. The van der Waals surface area contributed by atoms with E-state index in [-0.39, 0.29) is 28.2 Å². The summed E-state index contributed by atoms with van der Waals surface area (Å²) >= 11 is 1.12. The molecular weight excluding hydrogens is 450 g/mol. The lowest BCUT2D eigenvalue weighted by atomic mass is 9.81. The number of carboxylic acids is 1. The molecule has 2 unspecified atom stereocenters. The number of rotatable bonds is 6. The van der Waals surface area contributed by atoms with E-state index in [9.17, 15) is 19.8 Å². The van der Waals surface area contributed by atoms with Gasteiger partial charge in [0.1, 0.15) is 10.5 Å². The third kappa shape index (κ3) is 6.41. The maximum Gasteiger partial charge on any atom is 0.348 e. The lowest BCUT2D eigenvalue weighted by molar-refractivity contribution is -0.155. The molecule has 1 amide bonds. The van der Waals surface area contributed by atoms with Crippen LogP contribution >= 0.6 is 11.3 Å². The minimum Gasteiger partial charge on any atom is -0.477 e. The number of hydrogen-bond acceptors (Lipinski definition) is 5. The normalized spacial score (nSPS) is 24.6. The molecule has 1 saturated carbocycles. The maximum absolute atomic E-state index is 14.0. The fourth-order valence-electron chi connectivity index (χ4n) is 4.71. The van der Waals surface area contributed by atoms with Crippen molar-refractivity contribution >= 4 is 28.9 Å². The highest BCUT2D eigenvalue weighted by molar-refractivity contribution is 7.15.